The predicted octanol–water partition coefficient (Wildman–Crippen LogP) is 5.71. The number of thiophene rings is 1. The molecule has 1 heterocycles. The number of halogens is 3. The van der Waals surface area contributed by atoms with E-state index < -0.39 is 0 Å². The highest BCUT2D eigenvalue weighted by atomic mass is 79.9. The Balaban J connectivity index is 1.86. The van der Waals surface area contributed by atoms with Crippen molar-refractivity contribution >= 4 is 50.5 Å². The first-order chi connectivity index (χ1) is 9.06. The minimum Gasteiger partial charge on any atom is -0.310 e. The van der Waals surface area contributed by atoms with Gasteiger partial charge in [0.1, 0.15) is 0 Å². The Labute approximate surface area is 136 Å². The zero-order valence-electron chi connectivity index (χ0n) is 10.4. The van der Waals surface area contributed by atoms with Gasteiger partial charge < -0.3 is 5.32 Å². The molecule has 0 spiro atoms. The molecule has 1 aromatic carbocycles. The van der Waals surface area contributed by atoms with Gasteiger partial charge in [0, 0.05) is 17.5 Å². The van der Waals surface area contributed by atoms with Crippen molar-refractivity contribution in [3.05, 3.63) is 54.6 Å². The van der Waals surface area contributed by atoms with Crippen LogP contribution in [0, 0.1) is 0 Å². The summed E-state index contributed by atoms with van der Waals surface area (Å²) >= 11 is 17.2. The Morgan fingerprint density at radius 1 is 1.21 bits per heavy atom. The lowest BCUT2D eigenvalue weighted by Gasteiger charge is -2.14. The van der Waals surface area contributed by atoms with Crippen molar-refractivity contribution in [3.63, 3.8) is 0 Å². The molecular weight excluding hydrogens is 365 g/mol. The molecule has 0 aliphatic carbocycles. The van der Waals surface area contributed by atoms with Crippen molar-refractivity contribution in [3.8, 4) is 0 Å². The zero-order valence-corrected chi connectivity index (χ0v) is 14.3. The SMILES string of the molecule is CC(NCCc1ccc(Br)s1)c1ccc(Cl)c(Cl)c1. The summed E-state index contributed by atoms with van der Waals surface area (Å²) in [7, 11) is 0. The first-order valence-electron chi connectivity index (χ1n) is 5.99. The highest BCUT2D eigenvalue weighted by Crippen LogP contribution is 2.26. The summed E-state index contributed by atoms with van der Waals surface area (Å²) in [6, 6.07) is 10.3. The van der Waals surface area contributed by atoms with Gasteiger partial charge in [-0.05, 0) is 59.1 Å². The van der Waals surface area contributed by atoms with Crippen molar-refractivity contribution in [1.29, 1.82) is 0 Å². The van der Waals surface area contributed by atoms with Crippen LogP contribution in [0.1, 0.15) is 23.4 Å². The molecule has 5 heteroatoms. The first kappa shape index (κ1) is 15.3. The van der Waals surface area contributed by atoms with Gasteiger partial charge in [-0.2, -0.15) is 0 Å². The third-order valence-electron chi connectivity index (χ3n) is 2.89. The van der Waals surface area contributed by atoms with Crippen molar-refractivity contribution in [2.75, 3.05) is 6.54 Å². The van der Waals surface area contributed by atoms with Gasteiger partial charge in [-0.3, -0.25) is 0 Å². The Morgan fingerprint density at radius 3 is 2.63 bits per heavy atom. The average molecular weight is 379 g/mol. The third kappa shape index (κ3) is 4.47. The molecule has 1 aromatic heterocycles. The minimum absolute atomic E-state index is 0.262. The second-order valence-corrected chi connectivity index (χ2v) is 7.67. The molecule has 2 rings (SSSR count). The van der Waals surface area contributed by atoms with E-state index in [1.807, 2.05) is 18.2 Å². The second-order valence-electron chi connectivity index (χ2n) is 4.31. The number of nitrogens with one attached hydrogen (secondary N) is 1. The van der Waals surface area contributed by atoms with Gasteiger partial charge in [-0.25, -0.2) is 0 Å². The van der Waals surface area contributed by atoms with Crippen LogP contribution >= 0.6 is 50.5 Å². The number of hydrogen-bond donors (Lipinski definition) is 1. The van der Waals surface area contributed by atoms with E-state index in [9.17, 15) is 0 Å². The van der Waals surface area contributed by atoms with E-state index in [4.69, 9.17) is 23.2 Å². The van der Waals surface area contributed by atoms with Crippen LogP contribution in [-0.4, -0.2) is 6.54 Å². The summed E-state index contributed by atoms with van der Waals surface area (Å²) in [5, 5.41) is 4.70. The van der Waals surface area contributed by atoms with Crippen molar-refractivity contribution in [2.24, 2.45) is 0 Å². The van der Waals surface area contributed by atoms with Crippen molar-refractivity contribution in [1.82, 2.24) is 5.32 Å². The lowest BCUT2D eigenvalue weighted by Crippen LogP contribution is -2.21. The molecular formula is C14H14BrCl2NS. The molecule has 1 nitrogen and oxygen atoms in total. The molecule has 1 unspecified atom stereocenters. The summed E-state index contributed by atoms with van der Waals surface area (Å²) in [5.41, 5.74) is 1.15. The molecule has 0 fully saturated rings. The number of hydrogen-bond acceptors (Lipinski definition) is 2. The summed E-state index contributed by atoms with van der Waals surface area (Å²) in [6.07, 6.45) is 1.03. The fraction of sp³-hybridized carbons (Fsp3) is 0.286. The van der Waals surface area contributed by atoms with Gasteiger partial charge in [0.15, 0.2) is 0 Å². The molecule has 2 aromatic rings. The van der Waals surface area contributed by atoms with Crippen LogP contribution < -0.4 is 5.32 Å². The monoisotopic (exact) mass is 377 g/mol. The van der Waals surface area contributed by atoms with Crippen LogP contribution in [0.25, 0.3) is 0 Å². The standard InChI is InChI=1S/C14H14BrCl2NS/c1-9(10-2-4-12(16)13(17)8-10)18-7-6-11-3-5-14(15)19-11/h2-5,8-9,18H,6-7H2,1H3. The van der Waals surface area contributed by atoms with E-state index in [-0.39, 0.29) is 6.04 Å². The maximum absolute atomic E-state index is 6.03. The molecule has 102 valence electrons. The van der Waals surface area contributed by atoms with Crippen molar-refractivity contribution in [2.45, 2.75) is 19.4 Å². The molecule has 1 atom stereocenters. The largest absolute Gasteiger partial charge is 0.310 e. The average Bonchev–Trinajstić information content (AvgIpc) is 2.78. The summed E-state index contributed by atoms with van der Waals surface area (Å²) in [4.78, 5) is 1.38. The number of rotatable bonds is 5. The minimum atomic E-state index is 0.262. The lowest BCUT2D eigenvalue weighted by atomic mass is 10.1. The molecule has 0 aliphatic rings. The number of benzene rings is 1. The highest BCUT2D eigenvalue weighted by Gasteiger charge is 2.07. The van der Waals surface area contributed by atoms with E-state index in [0.29, 0.717) is 10.0 Å². The topological polar surface area (TPSA) is 12.0 Å². The Bertz CT molecular complexity index is 556. The highest BCUT2D eigenvalue weighted by molar-refractivity contribution is 9.11. The van der Waals surface area contributed by atoms with E-state index in [0.717, 1.165) is 18.5 Å². The fourth-order valence-corrected chi connectivity index (χ4v) is 3.59. The summed E-state index contributed by atoms with van der Waals surface area (Å²) in [6.45, 7) is 3.07. The van der Waals surface area contributed by atoms with Gasteiger partial charge in [0.05, 0.1) is 13.8 Å². The van der Waals surface area contributed by atoms with Crippen LogP contribution in [0.4, 0.5) is 0 Å². The van der Waals surface area contributed by atoms with Crippen LogP contribution in [0.15, 0.2) is 34.1 Å². The molecule has 0 saturated carbocycles. The molecule has 0 bridgehead atoms. The zero-order chi connectivity index (χ0) is 13.8. The summed E-state index contributed by atoms with van der Waals surface area (Å²) < 4.78 is 1.18. The second kappa shape index (κ2) is 7.09. The Kier molecular flexibility index (Phi) is 5.72. The van der Waals surface area contributed by atoms with Gasteiger partial charge in [0.2, 0.25) is 0 Å². The van der Waals surface area contributed by atoms with E-state index in [1.54, 1.807) is 11.3 Å². The Morgan fingerprint density at radius 2 is 2.00 bits per heavy atom. The fourth-order valence-electron chi connectivity index (χ4n) is 1.80. The third-order valence-corrected chi connectivity index (χ3v) is 5.32. The van der Waals surface area contributed by atoms with Crippen LogP contribution in [-0.2, 0) is 6.42 Å². The van der Waals surface area contributed by atoms with Gasteiger partial charge in [0.25, 0.3) is 0 Å². The van der Waals surface area contributed by atoms with Crippen LogP contribution in [0.2, 0.25) is 10.0 Å². The maximum Gasteiger partial charge on any atom is 0.0701 e. The molecule has 0 amide bonds. The van der Waals surface area contributed by atoms with Crippen LogP contribution in [0.5, 0.6) is 0 Å². The quantitative estimate of drug-likeness (QED) is 0.702. The van der Waals surface area contributed by atoms with Gasteiger partial charge in [-0.1, -0.05) is 29.3 Å². The van der Waals surface area contributed by atoms with E-state index >= 15 is 0 Å². The predicted molar refractivity (Wildman–Crippen MR) is 88.6 cm³/mol. The molecule has 19 heavy (non-hydrogen) atoms. The van der Waals surface area contributed by atoms with Crippen LogP contribution in [0.3, 0.4) is 0 Å². The summed E-state index contributed by atoms with van der Waals surface area (Å²) in [5.74, 6) is 0. The van der Waals surface area contributed by atoms with E-state index in [1.165, 1.54) is 8.66 Å². The maximum atomic E-state index is 6.03. The van der Waals surface area contributed by atoms with E-state index in [2.05, 4.69) is 40.3 Å². The Hall–Kier alpha value is -0.0600. The van der Waals surface area contributed by atoms with Gasteiger partial charge >= 0.3 is 0 Å². The molecule has 1 N–H and O–H groups in total. The lowest BCUT2D eigenvalue weighted by molar-refractivity contribution is 0.578. The normalized spacial score (nSPS) is 12.6. The first-order valence-corrected chi connectivity index (χ1v) is 8.35. The smallest absolute Gasteiger partial charge is 0.0701 e. The molecule has 0 radical (unpaired) electrons. The molecule has 0 aliphatic heterocycles. The van der Waals surface area contributed by atoms with Crippen molar-refractivity contribution < 1.29 is 0 Å². The van der Waals surface area contributed by atoms with Gasteiger partial charge in [-0.15, -0.1) is 11.3 Å². The molecule has 0 saturated heterocycles.